The molecule has 0 aliphatic heterocycles. The number of hydrogen-bond acceptors (Lipinski definition) is 4. The fraction of sp³-hybridized carbons (Fsp3) is 0.0952. The lowest BCUT2D eigenvalue weighted by molar-refractivity contribution is 0.340. The summed E-state index contributed by atoms with van der Waals surface area (Å²) in [5, 5.41) is 8.97. The third-order valence-corrected chi connectivity index (χ3v) is 4.33. The Morgan fingerprint density at radius 3 is 2.48 bits per heavy atom. The first-order valence-electron chi connectivity index (χ1n) is 8.68. The number of anilines is 2. The Bertz CT molecular complexity index is 1110. The fourth-order valence-corrected chi connectivity index (χ4v) is 3.20. The van der Waals surface area contributed by atoms with Crippen molar-refractivity contribution in [1.82, 2.24) is 9.97 Å². The number of ether oxygens (including phenoxy) is 1. The molecule has 0 amide bonds. The molecule has 27 heavy (non-hydrogen) atoms. The Kier molecular flexibility index (Phi) is 4.80. The summed E-state index contributed by atoms with van der Waals surface area (Å²) in [6.45, 7) is 2.60. The van der Waals surface area contributed by atoms with E-state index in [1.807, 2.05) is 61.5 Å². The number of thiocarbonyl (C=S) groups is 1. The maximum atomic E-state index is 5.49. The van der Waals surface area contributed by atoms with Crippen LogP contribution in [0.25, 0.3) is 21.8 Å². The number of benzene rings is 2. The molecule has 5 nitrogen and oxygen atoms in total. The summed E-state index contributed by atoms with van der Waals surface area (Å²) in [6.07, 6.45) is 3.56. The SMILES string of the molecule is CCOc1ccc(NC(=S)Nc2cc3cccnc3c3cccnc23)cc1. The first kappa shape index (κ1) is 17.2. The molecule has 0 radical (unpaired) electrons. The molecule has 0 atom stereocenters. The lowest BCUT2D eigenvalue weighted by Gasteiger charge is -2.14. The molecule has 0 saturated heterocycles. The van der Waals surface area contributed by atoms with Gasteiger partial charge in [0, 0.05) is 28.9 Å². The summed E-state index contributed by atoms with van der Waals surface area (Å²) in [5.41, 5.74) is 3.49. The Labute approximate surface area is 162 Å². The van der Waals surface area contributed by atoms with Crippen molar-refractivity contribution in [1.29, 1.82) is 0 Å². The predicted molar refractivity (Wildman–Crippen MR) is 114 cm³/mol. The van der Waals surface area contributed by atoms with E-state index in [9.17, 15) is 0 Å². The van der Waals surface area contributed by atoms with Crippen molar-refractivity contribution in [2.75, 3.05) is 17.2 Å². The topological polar surface area (TPSA) is 59.1 Å². The Morgan fingerprint density at radius 1 is 0.963 bits per heavy atom. The number of rotatable bonds is 4. The predicted octanol–water partition coefficient (Wildman–Crippen LogP) is 4.99. The molecule has 0 aliphatic carbocycles. The number of nitrogens with one attached hydrogen (secondary N) is 2. The maximum Gasteiger partial charge on any atom is 0.175 e. The fourth-order valence-electron chi connectivity index (χ4n) is 2.98. The summed E-state index contributed by atoms with van der Waals surface area (Å²) >= 11 is 5.49. The molecule has 6 heteroatoms. The van der Waals surface area contributed by atoms with Gasteiger partial charge in [0.25, 0.3) is 0 Å². The van der Waals surface area contributed by atoms with Gasteiger partial charge in [-0.3, -0.25) is 9.97 Å². The third kappa shape index (κ3) is 3.66. The second-order valence-electron chi connectivity index (χ2n) is 5.94. The van der Waals surface area contributed by atoms with Crippen molar-refractivity contribution in [3.05, 3.63) is 67.0 Å². The molecule has 4 aromatic rings. The van der Waals surface area contributed by atoms with Gasteiger partial charge in [0.1, 0.15) is 5.75 Å². The highest BCUT2D eigenvalue weighted by Gasteiger charge is 2.09. The van der Waals surface area contributed by atoms with E-state index >= 15 is 0 Å². The minimum atomic E-state index is 0.495. The number of pyridine rings is 2. The lowest BCUT2D eigenvalue weighted by Crippen LogP contribution is -2.19. The van der Waals surface area contributed by atoms with Crippen LogP contribution in [0.2, 0.25) is 0 Å². The average molecular weight is 374 g/mol. The second-order valence-corrected chi connectivity index (χ2v) is 6.34. The van der Waals surface area contributed by atoms with Gasteiger partial charge in [0.2, 0.25) is 0 Å². The van der Waals surface area contributed by atoms with Gasteiger partial charge in [0.05, 0.1) is 23.3 Å². The van der Waals surface area contributed by atoms with Crippen LogP contribution in [-0.2, 0) is 0 Å². The molecule has 0 saturated carbocycles. The van der Waals surface area contributed by atoms with Crippen molar-refractivity contribution in [2.45, 2.75) is 6.92 Å². The van der Waals surface area contributed by atoms with Crippen LogP contribution < -0.4 is 15.4 Å². The molecule has 0 fully saturated rings. The first-order valence-corrected chi connectivity index (χ1v) is 9.09. The van der Waals surface area contributed by atoms with Gasteiger partial charge in [-0.2, -0.15) is 0 Å². The van der Waals surface area contributed by atoms with Gasteiger partial charge in [0.15, 0.2) is 5.11 Å². The van der Waals surface area contributed by atoms with E-state index in [4.69, 9.17) is 17.0 Å². The van der Waals surface area contributed by atoms with Crippen LogP contribution in [0.3, 0.4) is 0 Å². The van der Waals surface area contributed by atoms with Crippen LogP contribution in [0.1, 0.15) is 6.92 Å². The van der Waals surface area contributed by atoms with Crippen LogP contribution >= 0.6 is 12.2 Å². The first-order chi connectivity index (χ1) is 13.2. The minimum absolute atomic E-state index is 0.495. The van der Waals surface area contributed by atoms with E-state index in [0.717, 1.165) is 38.9 Å². The molecule has 0 spiro atoms. The molecule has 0 unspecified atom stereocenters. The van der Waals surface area contributed by atoms with Gasteiger partial charge >= 0.3 is 0 Å². The van der Waals surface area contributed by atoms with Gasteiger partial charge in [-0.05, 0) is 67.7 Å². The van der Waals surface area contributed by atoms with E-state index in [0.29, 0.717) is 11.7 Å². The third-order valence-electron chi connectivity index (χ3n) is 4.13. The molecule has 2 aromatic heterocycles. The number of fused-ring (bicyclic) bond motifs is 3. The zero-order valence-corrected chi connectivity index (χ0v) is 15.6. The van der Waals surface area contributed by atoms with Crippen molar-refractivity contribution in [3.8, 4) is 5.75 Å². The Balaban J connectivity index is 1.61. The highest BCUT2D eigenvalue weighted by Crippen LogP contribution is 2.29. The lowest BCUT2D eigenvalue weighted by atomic mass is 10.1. The van der Waals surface area contributed by atoms with Crippen molar-refractivity contribution in [2.24, 2.45) is 0 Å². The van der Waals surface area contributed by atoms with E-state index in [-0.39, 0.29) is 0 Å². The minimum Gasteiger partial charge on any atom is -0.494 e. The average Bonchev–Trinajstić information content (AvgIpc) is 2.70. The second kappa shape index (κ2) is 7.55. The van der Waals surface area contributed by atoms with E-state index in [1.165, 1.54) is 0 Å². The van der Waals surface area contributed by atoms with Crippen LogP contribution in [0.4, 0.5) is 11.4 Å². The van der Waals surface area contributed by atoms with Gasteiger partial charge in [-0.25, -0.2) is 0 Å². The Morgan fingerprint density at radius 2 is 1.70 bits per heavy atom. The molecule has 134 valence electrons. The molecular weight excluding hydrogens is 356 g/mol. The van der Waals surface area contributed by atoms with Crippen molar-refractivity contribution < 1.29 is 4.74 Å². The van der Waals surface area contributed by atoms with Gasteiger partial charge < -0.3 is 15.4 Å². The molecule has 4 rings (SSSR count). The largest absolute Gasteiger partial charge is 0.494 e. The van der Waals surface area contributed by atoms with Gasteiger partial charge in [-0.15, -0.1) is 0 Å². The highest BCUT2D eigenvalue weighted by molar-refractivity contribution is 7.80. The highest BCUT2D eigenvalue weighted by atomic mass is 32.1. The van der Waals surface area contributed by atoms with E-state index in [2.05, 4.69) is 20.6 Å². The molecule has 2 aromatic carbocycles. The normalized spacial score (nSPS) is 10.7. The summed E-state index contributed by atoms with van der Waals surface area (Å²) in [4.78, 5) is 9.01. The zero-order valence-electron chi connectivity index (χ0n) is 14.8. The van der Waals surface area contributed by atoms with Crippen LogP contribution in [-0.4, -0.2) is 21.7 Å². The Hall–Kier alpha value is -3.25. The van der Waals surface area contributed by atoms with Crippen LogP contribution in [0.15, 0.2) is 67.0 Å². The number of hydrogen-bond donors (Lipinski definition) is 2. The van der Waals surface area contributed by atoms with E-state index < -0.39 is 0 Å². The molecular formula is C21H18N4OS. The maximum absolute atomic E-state index is 5.49. The monoisotopic (exact) mass is 374 g/mol. The summed E-state index contributed by atoms with van der Waals surface area (Å²) in [5.74, 6) is 0.833. The summed E-state index contributed by atoms with van der Waals surface area (Å²) in [6, 6.07) is 17.6. The van der Waals surface area contributed by atoms with Crippen molar-refractivity contribution >= 4 is 50.5 Å². The number of nitrogens with zero attached hydrogens (tertiary/aromatic N) is 2. The van der Waals surface area contributed by atoms with Crippen molar-refractivity contribution in [3.63, 3.8) is 0 Å². The zero-order chi connectivity index (χ0) is 18.6. The quantitative estimate of drug-likeness (QED) is 0.388. The molecule has 0 bridgehead atoms. The standard InChI is InChI=1S/C21H18N4OS/c1-2-26-16-9-7-15(8-10-16)24-21(27)25-18-13-14-5-3-11-22-19(14)17-6-4-12-23-20(17)18/h3-13H,2H2,1H3,(H2,24,25,27). The molecule has 2 heterocycles. The van der Waals surface area contributed by atoms with E-state index in [1.54, 1.807) is 12.4 Å². The summed E-state index contributed by atoms with van der Waals surface area (Å²) < 4.78 is 5.46. The summed E-state index contributed by atoms with van der Waals surface area (Å²) in [7, 11) is 0. The van der Waals surface area contributed by atoms with Gasteiger partial charge in [-0.1, -0.05) is 6.07 Å². The smallest absolute Gasteiger partial charge is 0.175 e. The molecule has 0 aliphatic rings. The van der Waals surface area contributed by atoms with Crippen LogP contribution in [0, 0.1) is 0 Å². The molecule has 2 N–H and O–H groups in total. The number of aromatic nitrogens is 2. The van der Waals surface area contributed by atoms with Crippen LogP contribution in [0.5, 0.6) is 5.75 Å².